The van der Waals surface area contributed by atoms with Gasteiger partial charge in [0.2, 0.25) is 0 Å². The summed E-state index contributed by atoms with van der Waals surface area (Å²) in [5.74, 6) is 1.65. The molecule has 0 aliphatic carbocycles. The molecule has 3 atom stereocenters. The monoisotopic (exact) mass is 281 g/mol. The van der Waals surface area contributed by atoms with Crippen molar-refractivity contribution in [2.24, 2.45) is 5.92 Å². The molecule has 0 saturated carbocycles. The van der Waals surface area contributed by atoms with E-state index in [2.05, 4.69) is 29.3 Å². The van der Waals surface area contributed by atoms with Gasteiger partial charge in [-0.1, -0.05) is 5.16 Å². The van der Waals surface area contributed by atoms with Crippen LogP contribution in [0.25, 0.3) is 0 Å². The summed E-state index contributed by atoms with van der Waals surface area (Å²) in [7, 11) is 0. The highest BCUT2D eigenvalue weighted by atomic mass is 16.5. The Hall–Kier alpha value is -0.980. The standard InChI is InChI=1S/C14H23N3O3/c1-9-16-13(20-17-9)12-10(4-6-18-12)8-15-11-5-7-19-14(11,2)3/h10-12,15H,4-8H2,1-3H3/t10-,11?,12-/m0/s1. The minimum Gasteiger partial charge on any atom is -0.374 e. The molecule has 2 fully saturated rings. The number of nitrogens with one attached hydrogen (secondary N) is 1. The van der Waals surface area contributed by atoms with Crippen LogP contribution in [0, 0.1) is 12.8 Å². The molecule has 2 aliphatic heterocycles. The average molecular weight is 281 g/mol. The Morgan fingerprint density at radius 3 is 2.80 bits per heavy atom. The van der Waals surface area contributed by atoms with Crippen molar-refractivity contribution in [2.75, 3.05) is 19.8 Å². The molecule has 3 heterocycles. The zero-order valence-corrected chi connectivity index (χ0v) is 12.4. The van der Waals surface area contributed by atoms with E-state index in [-0.39, 0.29) is 11.7 Å². The lowest BCUT2D eigenvalue weighted by Gasteiger charge is -2.28. The van der Waals surface area contributed by atoms with Crippen molar-refractivity contribution >= 4 is 0 Å². The van der Waals surface area contributed by atoms with Gasteiger partial charge in [0.05, 0.1) is 5.60 Å². The van der Waals surface area contributed by atoms with E-state index >= 15 is 0 Å². The second-order valence-corrected chi connectivity index (χ2v) is 6.22. The molecule has 20 heavy (non-hydrogen) atoms. The Bertz CT molecular complexity index is 460. The number of hydrogen-bond acceptors (Lipinski definition) is 6. The van der Waals surface area contributed by atoms with Gasteiger partial charge in [-0.05, 0) is 33.6 Å². The molecule has 6 heteroatoms. The number of rotatable bonds is 4. The van der Waals surface area contributed by atoms with Crippen LogP contribution >= 0.6 is 0 Å². The van der Waals surface area contributed by atoms with Gasteiger partial charge < -0.3 is 19.3 Å². The number of aromatic nitrogens is 2. The lowest BCUT2D eigenvalue weighted by Crippen LogP contribution is -2.45. The highest BCUT2D eigenvalue weighted by Crippen LogP contribution is 2.34. The van der Waals surface area contributed by atoms with E-state index in [1.807, 2.05) is 6.92 Å². The van der Waals surface area contributed by atoms with Crippen LogP contribution in [0.2, 0.25) is 0 Å². The number of nitrogens with zero attached hydrogens (tertiary/aromatic N) is 2. The molecular weight excluding hydrogens is 258 g/mol. The van der Waals surface area contributed by atoms with E-state index in [4.69, 9.17) is 14.0 Å². The fraction of sp³-hybridized carbons (Fsp3) is 0.857. The van der Waals surface area contributed by atoms with Gasteiger partial charge in [-0.2, -0.15) is 4.98 Å². The van der Waals surface area contributed by atoms with E-state index in [0.29, 0.717) is 23.7 Å². The molecule has 0 bridgehead atoms. The summed E-state index contributed by atoms with van der Waals surface area (Å²) >= 11 is 0. The first-order valence-corrected chi connectivity index (χ1v) is 7.35. The predicted molar refractivity (Wildman–Crippen MR) is 72.3 cm³/mol. The maximum atomic E-state index is 5.76. The average Bonchev–Trinajstić information content (AvgIpc) is 3.07. The second kappa shape index (κ2) is 5.42. The van der Waals surface area contributed by atoms with Crippen molar-refractivity contribution in [1.82, 2.24) is 15.5 Å². The smallest absolute Gasteiger partial charge is 0.256 e. The van der Waals surface area contributed by atoms with Gasteiger partial charge in [0.15, 0.2) is 5.82 Å². The van der Waals surface area contributed by atoms with E-state index in [1.165, 1.54) is 0 Å². The third-order valence-electron chi connectivity index (χ3n) is 4.35. The Kier molecular flexibility index (Phi) is 3.79. The molecule has 1 N–H and O–H groups in total. The number of hydrogen-bond donors (Lipinski definition) is 1. The largest absolute Gasteiger partial charge is 0.374 e. The summed E-state index contributed by atoms with van der Waals surface area (Å²) in [5.41, 5.74) is -0.0873. The number of aryl methyl sites for hydroxylation is 1. The van der Waals surface area contributed by atoms with E-state index in [1.54, 1.807) is 0 Å². The molecule has 112 valence electrons. The van der Waals surface area contributed by atoms with Crippen LogP contribution in [0.3, 0.4) is 0 Å². The molecule has 0 aromatic carbocycles. The molecule has 1 aromatic rings. The highest BCUT2D eigenvalue weighted by molar-refractivity contribution is 4.96. The SMILES string of the molecule is Cc1noc([C@H]2OCC[C@H]2CNC2CCOC2(C)C)n1. The molecule has 2 saturated heterocycles. The van der Waals surface area contributed by atoms with Gasteiger partial charge in [0, 0.05) is 31.7 Å². The van der Waals surface area contributed by atoms with Crippen LogP contribution < -0.4 is 5.32 Å². The van der Waals surface area contributed by atoms with Crippen molar-refractivity contribution in [1.29, 1.82) is 0 Å². The fourth-order valence-corrected chi connectivity index (χ4v) is 3.07. The lowest BCUT2D eigenvalue weighted by molar-refractivity contribution is 0.0188. The van der Waals surface area contributed by atoms with Gasteiger partial charge in [-0.25, -0.2) is 0 Å². The molecule has 0 radical (unpaired) electrons. The Morgan fingerprint density at radius 2 is 2.15 bits per heavy atom. The second-order valence-electron chi connectivity index (χ2n) is 6.22. The molecule has 1 unspecified atom stereocenters. The van der Waals surface area contributed by atoms with Crippen LogP contribution in [-0.4, -0.2) is 41.5 Å². The van der Waals surface area contributed by atoms with Crippen LogP contribution in [0.1, 0.15) is 44.5 Å². The van der Waals surface area contributed by atoms with Crippen LogP contribution in [0.4, 0.5) is 0 Å². The van der Waals surface area contributed by atoms with Crippen molar-refractivity contribution in [3.8, 4) is 0 Å². The summed E-state index contributed by atoms with van der Waals surface area (Å²) in [6.45, 7) is 8.58. The molecule has 6 nitrogen and oxygen atoms in total. The lowest BCUT2D eigenvalue weighted by atomic mass is 9.96. The Labute approximate surface area is 119 Å². The zero-order valence-electron chi connectivity index (χ0n) is 12.4. The highest BCUT2D eigenvalue weighted by Gasteiger charge is 2.38. The predicted octanol–water partition coefficient (Wildman–Crippen LogP) is 1.61. The van der Waals surface area contributed by atoms with Crippen molar-refractivity contribution < 1.29 is 14.0 Å². The maximum absolute atomic E-state index is 5.76. The third-order valence-corrected chi connectivity index (χ3v) is 4.35. The normalized spacial score (nSPS) is 32.9. The van der Waals surface area contributed by atoms with E-state index in [0.717, 1.165) is 32.6 Å². The Balaban J connectivity index is 1.59. The molecule has 2 aliphatic rings. The topological polar surface area (TPSA) is 69.4 Å². The summed E-state index contributed by atoms with van der Waals surface area (Å²) in [6, 6.07) is 0.396. The van der Waals surface area contributed by atoms with Crippen LogP contribution in [0.15, 0.2) is 4.52 Å². The zero-order chi connectivity index (χ0) is 14.2. The molecule has 1 aromatic heterocycles. The van der Waals surface area contributed by atoms with E-state index < -0.39 is 0 Å². The van der Waals surface area contributed by atoms with Gasteiger partial charge >= 0.3 is 0 Å². The fourth-order valence-electron chi connectivity index (χ4n) is 3.07. The molecule has 0 amide bonds. The van der Waals surface area contributed by atoms with E-state index in [9.17, 15) is 0 Å². The first kappa shape index (κ1) is 14.0. The van der Waals surface area contributed by atoms with Gasteiger partial charge in [-0.15, -0.1) is 0 Å². The summed E-state index contributed by atoms with van der Waals surface area (Å²) in [6.07, 6.45) is 2.01. The number of ether oxygens (including phenoxy) is 2. The summed E-state index contributed by atoms with van der Waals surface area (Å²) in [4.78, 5) is 4.30. The molecule has 3 rings (SSSR count). The van der Waals surface area contributed by atoms with Gasteiger partial charge in [0.1, 0.15) is 6.10 Å². The Morgan fingerprint density at radius 1 is 1.30 bits per heavy atom. The van der Waals surface area contributed by atoms with Gasteiger partial charge in [-0.3, -0.25) is 0 Å². The molecule has 0 spiro atoms. The minimum absolute atomic E-state index is 0.0749. The van der Waals surface area contributed by atoms with Crippen molar-refractivity contribution in [3.05, 3.63) is 11.7 Å². The van der Waals surface area contributed by atoms with Crippen molar-refractivity contribution in [3.63, 3.8) is 0 Å². The first-order chi connectivity index (χ1) is 9.56. The minimum atomic E-state index is -0.0873. The molecular formula is C14H23N3O3. The summed E-state index contributed by atoms with van der Waals surface area (Å²) in [5, 5.41) is 7.48. The van der Waals surface area contributed by atoms with Crippen LogP contribution in [0.5, 0.6) is 0 Å². The quantitative estimate of drug-likeness (QED) is 0.904. The maximum Gasteiger partial charge on any atom is 0.256 e. The van der Waals surface area contributed by atoms with Crippen LogP contribution in [-0.2, 0) is 9.47 Å². The third kappa shape index (κ3) is 2.73. The van der Waals surface area contributed by atoms with Gasteiger partial charge in [0.25, 0.3) is 5.89 Å². The summed E-state index contributed by atoms with van der Waals surface area (Å²) < 4.78 is 16.8. The van der Waals surface area contributed by atoms with Crippen molar-refractivity contribution in [2.45, 2.75) is 51.4 Å². The first-order valence-electron chi connectivity index (χ1n) is 7.35.